The molecule has 0 radical (unpaired) electrons. The van der Waals surface area contributed by atoms with E-state index in [2.05, 4.69) is 0 Å². The van der Waals surface area contributed by atoms with Gasteiger partial charge in [0.2, 0.25) is 11.2 Å². The molecule has 0 aliphatic heterocycles. The number of phenolic OH excluding ortho intramolecular Hbond substituents is 1. The Hall–Kier alpha value is -2.75. The van der Waals surface area contributed by atoms with Crippen LogP contribution in [0.4, 0.5) is 0 Å². The second-order valence-corrected chi connectivity index (χ2v) is 5.32. The molecule has 22 heavy (non-hydrogen) atoms. The summed E-state index contributed by atoms with van der Waals surface area (Å²) < 4.78 is 11.5. The minimum Gasteiger partial charge on any atom is -0.508 e. The Morgan fingerprint density at radius 3 is 2.36 bits per heavy atom. The van der Waals surface area contributed by atoms with E-state index in [1.807, 2.05) is 32.0 Å². The van der Waals surface area contributed by atoms with Crippen molar-refractivity contribution in [1.29, 1.82) is 0 Å². The fourth-order valence-corrected chi connectivity index (χ4v) is 2.46. The van der Waals surface area contributed by atoms with Crippen LogP contribution in [0.2, 0.25) is 0 Å². The first-order valence-corrected chi connectivity index (χ1v) is 6.98. The van der Waals surface area contributed by atoms with Gasteiger partial charge in [0, 0.05) is 6.07 Å². The molecular formula is C18H16O4. The van der Waals surface area contributed by atoms with Crippen molar-refractivity contribution in [3.63, 3.8) is 0 Å². The van der Waals surface area contributed by atoms with Gasteiger partial charge in [0.15, 0.2) is 0 Å². The van der Waals surface area contributed by atoms with Crippen LogP contribution < -0.4 is 10.2 Å². The van der Waals surface area contributed by atoms with Crippen LogP contribution in [-0.4, -0.2) is 5.11 Å². The zero-order valence-electron chi connectivity index (χ0n) is 12.6. The van der Waals surface area contributed by atoms with E-state index < -0.39 is 0 Å². The molecule has 0 amide bonds. The van der Waals surface area contributed by atoms with E-state index in [0.717, 1.165) is 11.1 Å². The van der Waals surface area contributed by atoms with E-state index in [1.54, 1.807) is 6.92 Å². The number of aromatic hydroxyl groups is 1. The molecule has 3 aromatic rings. The lowest BCUT2D eigenvalue weighted by Gasteiger charge is -2.13. The molecule has 1 aromatic heterocycles. The van der Waals surface area contributed by atoms with Gasteiger partial charge in [-0.15, -0.1) is 0 Å². The summed E-state index contributed by atoms with van der Waals surface area (Å²) in [6, 6.07) is 10.2. The molecule has 0 saturated carbocycles. The Labute approximate surface area is 127 Å². The molecular weight excluding hydrogens is 280 g/mol. The predicted octanol–water partition coefficient (Wildman–Crippen LogP) is 4.22. The predicted molar refractivity (Wildman–Crippen MR) is 84.9 cm³/mol. The van der Waals surface area contributed by atoms with Crippen molar-refractivity contribution >= 4 is 11.0 Å². The number of para-hydroxylation sites is 1. The van der Waals surface area contributed by atoms with Gasteiger partial charge in [0.05, 0.1) is 5.39 Å². The SMILES string of the molecule is Cc1cccc(C)c1Oc1c(C)oc2cc(O)ccc2c1=O. The van der Waals surface area contributed by atoms with Gasteiger partial charge < -0.3 is 14.3 Å². The highest BCUT2D eigenvalue weighted by atomic mass is 16.5. The Kier molecular flexibility index (Phi) is 3.37. The van der Waals surface area contributed by atoms with Gasteiger partial charge in [0.25, 0.3) is 0 Å². The molecule has 3 rings (SSSR count). The highest BCUT2D eigenvalue weighted by Crippen LogP contribution is 2.30. The maximum Gasteiger partial charge on any atom is 0.235 e. The zero-order chi connectivity index (χ0) is 15.9. The number of fused-ring (bicyclic) bond motifs is 1. The quantitative estimate of drug-likeness (QED) is 0.769. The monoisotopic (exact) mass is 296 g/mol. The summed E-state index contributed by atoms with van der Waals surface area (Å²) in [6.45, 7) is 5.53. The normalized spacial score (nSPS) is 10.9. The maximum atomic E-state index is 12.6. The molecule has 112 valence electrons. The topological polar surface area (TPSA) is 59.7 Å². The number of hydrogen-bond donors (Lipinski definition) is 1. The lowest BCUT2D eigenvalue weighted by molar-refractivity contribution is 0.430. The van der Waals surface area contributed by atoms with E-state index >= 15 is 0 Å². The van der Waals surface area contributed by atoms with Crippen molar-refractivity contribution < 1.29 is 14.3 Å². The molecule has 4 heteroatoms. The molecule has 0 aliphatic rings. The van der Waals surface area contributed by atoms with Crippen LogP contribution in [0.1, 0.15) is 16.9 Å². The lowest BCUT2D eigenvalue weighted by Crippen LogP contribution is -2.08. The molecule has 0 bridgehead atoms. The van der Waals surface area contributed by atoms with Gasteiger partial charge in [-0.25, -0.2) is 0 Å². The minimum atomic E-state index is -0.249. The molecule has 0 atom stereocenters. The molecule has 1 N–H and O–H groups in total. The molecule has 2 aromatic carbocycles. The summed E-state index contributed by atoms with van der Waals surface area (Å²) in [5.41, 5.74) is 1.99. The summed E-state index contributed by atoms with van der Waals surface area (Å²) in [5, 5.41) is 9.88. The first-order valence-electron chi connectivity index (χ1n) is 6.98. The number of ether oxygens (including phenoxy) is 1. The van der Waals surface area contributed by atoms with Gasteiger partial charge >= 0.3 is 0 Å². The summed E-state index contributed by atoms with van der Waals surface area (Å²) in [7, 11) is 0. The number of rotatable bonds is 2. The van der Waals surface area contributed by atoms with Gasteiger partial charge in [0.1, 0.15) is 22.8 Å². The largest absolute Gasteiger partial charge is 0.508 e. The van der Waals surface area contributed by atoms with E-state index in [4.69, 9.17) is 9.15 Å². The number of benzene rings is 2. The second-order valence-electron chi connectivity index (χ2n) is 5.32. The van der Waals surface area contributed by atoms with E-state index in [0.29, 0.717) is 22.5 Å². The van der Waals surface area contributed by atoms with Gasteiger partial charge in [-0.2, -0.15) is 0 Å². The molecule has 0 spiro atoms. The van der Waals surface area contributed by atoms with Gasteiger partial charge in [-0.1, -0.05) is 18.2 Å². The Morgan fingerprint density at radius 1 is 1.00 bits per heavy atom. The van der Waals surface area contributed by atoms with Crippen molar-refractivity contribution in [3.05, 3.63) is 63.5 Å². The first kappa shape index (κ1) is 14.2. The minimum absolute atomic E-state index is 0.0541. The summed E-state index contributed by atoms with van der Waals surface area (Å²) in [5.74, 6) is 1.27. The van der Waals surface area contributed by atoms with Gasteiger partial charge in [-0.3, -0.25) is 4.79 Å². The Morgan fingerprint density at radius 2 is 1.68 bits per heavy atom. The third-order valence-corrected chi connectivity index (χ3v) is 3.61. The summed E-state index contributed by atoms with van der Waals surface area (Å²) in [4.78, 5) is 12.6. The second kappa shape index (κ2) is 5.22. The third kappa shape index (κ3) is 2.33. The molecule has 0 saturated heterocycles. The zero-order valence-corrected chi connectivity index (χ0v) is 12.6. The van der Waals surface area contributed by atoms with Crippen LogP contribution >= 0.6 is 0 Å². The highest BCUT2D eigenvalue weighted by molar-refractivity contribution is 5.79. The van der Waals surface area contributed by atoms with Crippen molar-refractivity contribution in [3.8, 4) is 17.2 Å². The number of hydrogen-bond acceptors (Lipinski definition) is 4. The summed E-state index contributed by atoms with van der Waals surface area (Å²) in [6.07, 6.45) is 0. The van der Waals surface area contributed by atoms with E-state index in [1.165, 1.54) is 18.2 Å². The molecule has 0 aliphatic carbocycles. The van der Waals surface area contributed by atoms with E-state index in [-0.39, 0.29) is 16.9 Å². The maximum absolute atomic E-state index is 12.6. The lowest BCUT2D eigenvalue weighted by atomic mass is 10.1. The molecule has 1 heterocycles. The highest BCUT2D eigenvalue weighted by Gasteiger charge is 2.16. The summed E-state index contributed by atoms with van der Waals surface area (Å²) >= 11 is 0. The molecule has 0 fully saturated rings. The number of aryl methyl sites for hydroxylation is 3. The van der Waals surface area contributed by atoms with Crippen LogP contribution in [0.15, 0.2) is 45.6 Å². The average Bonchev–Trinajstić information content (AvgIpc) is 2.45. The Bertz CT molecular complexity index is 902. The van der Waals surface area contributed by atoms with Crippen LogP contribution in [0.25, 0.3) is 11.0 Å². The average molecular weight is 296 g/mol. The standard InChI is InChI=1S/C18H16O4/c1-10-5-4-6-11(2)17(10)22-18-12(3)21-15-9-13(19)7-8-14(15)16(18)20/h4-9,19H,1-3H3. The van der Waals surface area contributed by atoms with Crippen molar-refractivity contribution in [2.24, 2.45) is 0 Å². The molecule has 4 nitrogen and oxygen atoms in total. The van der Waals surface area contributed by atoms with Crippen LogP contribution in [0, 0.1) is 20.8 Å². The fourth-order valence-electron chi connectivity index (χ4n) is 2.46. The number of phenols is 1. The van der Waals surface area contributed by atoms with Crippen molar-refractivity contribution in [2.45, 2.75) is 20.8 Å². The fraction of sp³-hybridized carbons (Fsp3) is 0.167. The smallest absolute Gasteiger partial charge is 0.235 e. The van der Waals surface area contributed by atoms with Crippen molar-refractivity contribution in [2.75, 3.05) is 0 Å². The van der Waals surface area contributed by atoms with Crippen LogP contribution in [-0.2, 0) is 0 Å². The van der Waals surface area contributed by atoms with Gasteiger partial charge in [-0.05, 0) is 44.0 Å². The van der Waals surface area contributed by atoms with Crippen LogP contribution in [0.5, 0.6) is 17.2 Å². The Balaban J connectivity index is 2.20. The molecule has 0 unspecified atom stereocenters. The van der Waals surface area contributed by atoms with Crippen LogP contribution in [0.3, 0.4) is 0 Å². The first-order chi connectivity index (χ1) is 10.5. The third-order valence-electron chi connectivity index (χ3n) is 3.61. The van der Waals surface area contributed by atoms with E-state index in [9.17, 15) is 9.90 Å². The van der Waals surface area contributed by atoms with Crippen molar-refractivity contribution in [1.82, 2.24) is 0 Å².